The van der Waals surface area contributed by atoms with Crippen LogP contribution in [0.15, 0.2) is 65.0 Å². The maximum atomic E-state index is 11.4. The van der Waals surface area contributed by atoms with Crippen LogP contribution in [0.2, 0.25) is 0 Å². The molecule has 10 nitrogen and oxygen atoms in total. The van der Waals surface area contributed by atoms with Crippen LogP contribution in [0.25, 0.3) is 16.7 Å². The van der Waals surface area contributed by atoms with Gasteiger partial charge in [0.25, 0.3) is 5.69 Å². The molecule has 0 fully saturated rings. The Hall–Kier alpha value is -4.34. The fourth-order valence-corrected chi connectivity index (χ4v) is 3.49. The molecule has 0 aliphatic carbocycles. The molecule has 1 aliphatic heterocycles. The van der Waals surface area contributed by atoms with Crippen LogP contribution in [0.3, 0.4) is 0 Å². The smallest absolute Gasteiger partial charge is 0.278 e. The third-order valence-electron chi connectivity index (χ3n) is 4.91. The number of ether oxygens (including phenoxy) is 2. The van der Waals surface area contributed by atoms with E-state index in [9.17, 15) is 10.1 Å². The summed E-state index contributed by atoms with van der Waals surface area (Å²) in [6, 6.07) is 14.3. The second kappa shape index (κ2) is 7.48. The van der Waals surface area contributed by atoms with Gasteiger partial charge in [-0.25, -0.2) is 9.67 Å². The van der Waals surface area contributed by atoms with E-state index in [-0.39, 0.29) is 19.0 Å². The average Bonchev–Trinajstić information content (AvgIpc) is 3.38. The molecule has 0 N–H and O–H groups in total. The van der Waals surface area contributed by atoms with Crippen LogP contribution in [-0.4, -0.2) is 26.5 Å². The van der Waals surface area contributed by atoms with E-state index in [2.05, 4.69) is 20.3 Å². The third-order valence-corrected chi connectivity index (χ3v) is 4.91. The standard InChI is InChI=1S/C21H16N6O4/c1-13-20-16(7-8-22-21(20)26(25-13)15-5-3-2-4-6-15)24-23-11-14-9-18-19(31-12-30-18)10-17(14)27(28)29/h2-10H,11-12H2,1H3. The molecule has 3 heterocycles. The van der Waals surface area contributed by atoms with Gasteiger partial charge < -0.3 is 9.47 Å². The lowest BCUT2D eigenvalue weighted by Crippen LogP contribution is -1.97. The molecule has 31 heavy (non-hydrogen) atoms. The molecule has 0 saturated carbocycles. The summed E-state index contributed by atoms with van der Waals surface area (Å²) in [6.45, 7) is 1.94. The summed E-state index contributed by atoms with van der Waals surface area (Å²) in [4.78, 5) is 15.4. The molecule has 10 heteroatoms. The normalized spacial score (nSPS) is 12.7. The second-order valence-electron chi connectivity index (χ2n) is 6.85. The van der Waals surface area contributed by atoms with Gasteiger partial charge in [0, 0.05) is 6.20 Å². The second-order valence-corrected chi connectivity index (χ2v) is 6.85. The summed E-state index contributed by atoms with van der Waals surface area (Å²) in [5.74, 6) is 0.814. The highest BCUT2D eigenvalue weighted by molar-refractivity contribution is 5.90. The number of para-hydroxylation sites is 1. The van der Waals surface area contributed by atoms with Crippen molar-refractivity contribution in [3.05, 3.63) is 76.1 Å². The Kier molecular flexibility index (Phi) is 4.51. The number of nitro benzene ring substituents is 1. The van der Waals surface area contributed by atoms with Crippen LogP contribution < -0.4 is 9.47 Å². The summed E-state index contributed by atoms with van der Waals surface area (Å²) in [7, 11) is 0. The number of aryl methyl sites for hydroxylation is 1. The number of benzene rings is 2. The lowest BCUT2D eigenvalue weighted by atomic mass is 10.1. The first-order valence-electron chi connectivity index (χ1n) is 9.46. The molecule has 0 atom stereocenters. The fourth-order valence-electron chi connectivity index (χ4n) is 3.49. The zero-order valence-electron chi connectivity index (χ0n) is 16.4. The maximum absolute atomic E-state index is 11.4. The maximum Gasteiger partial charge on any atom is 0.278 e. The van der Waals surface area contributed by atoms with Crippen molar-refractivity contribution in [2.45, 2.75) is 13.5 Å². The van der Waals surface area contributed by atoms with E-state index in [0.717, 1.165) is 16.8 Å². The first kappa shape index (κ1) is 18.7. The van der Waals surface area contributed by atoms with E-state index in [1.807, 2.05) is 37.3 Å². The number of hydrogen-bond acceptors (Lipinski definition) is 8. The van der Waals surface area contributed by atoms with E-state index in [4.69, 9.17) is 9.47 Å². The Balaban J connectivity index is 1.49. The monoisotopic (exact) mass is 416 g/mol. The molecule has 0 bridgehead atoms. The van der Waals surface area contributed by atoms with Crippen molar-refractivity contribution in [3.63, 3.8) is 0 Å². The Labute approximate surface area is 175 Å². The molecule has 154 valence electrons. The minimum Gasteiger partial charge on any atom is -0.454 e. The van der Waals surface area contributed by atoms with Crippen molar-refractivity contribution in [2.75, 3.05) is 6.79 Å². The van der Waals surface area contributed by atoms with Gasteiger partial charge in [-0.3, -0.25) is 10.1 Å². The molecule has 0 radical (unpaired) electrons. The van der Waals surface area contributed by atoms with Gasteiger partial charge in [0.1, 0.15) is 0 Å². The number of hydrogen-bond donors (Lipinski definition) is 0. The van der Waals surface area contributed by atoms with Crippen LogP contribution in [0.1, 0.15) is 11.3 Å². The van der Waals surface area contributed by atoms with Crippen molar-refractivity contribution in [3.8, 4) is 17.2 Å². The van der Waals surface area contributed by atoms with Gasteiger partial charge in [0.05, 0.1) is 45.6 Å². The van der Waals surface area contributed by atoms with Crippen molar-refractivity contribution < 1.29 is 14.4 Å². The number of aromatic nitrogens is 3. The predicted molar refractivity (Wildman–Crippen MR) is 111 cm³/mol. The molecule has 5 rings (SSSR count). The van der Waals surface area contributed by atoms with E-state index in [0.29, 0.717) is 28.4 Å². The first-order valence-corrected chi connectivity index (χ1v) is 9.46. The Morgan fingerprint density at radius 3 is 2.71 bits per heavy atom. The Bertz CT molecular complexity index is 1330. The zero-order chi connectivity index (χ0) is 21.4. The van der Waals surface area contributed by atoms with E-state index >= 15 is 0 Å². The lowest BCUT2D eigenvalue weighted by molar-refractivity contribution is -0.385. The fraction of sp³-hybridized carbons (Fsp3) is 0.143. The largest absolute Gasteiger partial charge is 0.454 e. The molecule has 0 unspecified atom stereocenters. The minimum atomic E-state index is -0.467. The number of fused-ring (bicyclic) bond motifs is 2. The SMILES string of the molecule is Cc1nn(-c2ccccc2)c2nccc(N=NCc3cc4c(cc3[N+](=O)[O-])OCO4)c12. The van der Waals surface area contributed by atoms with Gasteiger partial charge in [0.2, 0.25) is 6.79 Å². The Morgan fingerprint density at radius 1 is 1.16 bits per heavy atom. The number of azo groups is 1. The average molecular weight is 416 g/mol. The molecule has 2 aromatic heterocycles. The van der Waals surface area contributed by atoms with Crippen LogP contribution in [0.5, 0.6) is 11.5 Å². The van der Waals surface area contributed by atoms with Gasteiger partial charge >= 0.3 is 0 Å². The molecule has 0 spiro atoms. The topological polar surface area (TPSA) is 117 Å². The molecule has 4 aromatic rings. The summed E-state index contributed by atoms with van der Waals surface area (Å²) in [5, 5.41) is 25.3. The predicted octanol–water partition coefficient (Wildman–Crippen LogP) is 4.65. The van der Waals surface area contributed by atoms with Crippen LogP contribution in [-0.2, 0) is 6.54 Å². The number of nitrogens with zero attached hydrogens (tertiary/aromatic N) is 6. The first-order chi connectivity index (χ1) is 15.1. The number of rotatable bonds is 5. The van der Waals surface area contributed by atoms with E-state index in [1.165, 1.54) is 6.07 Å². The highest BCUT2D eigenvalue weighted by atomic mass is 16.7. The molecular formula is C21H16N6O4. The molecule has 0 amide bonds. The quantitative estimate of drug-likeness (QED) is 0.265. The van der Waals surface area contributed by atoms with Gasteiger partial charge in [0.15, 0.2) is 17.1 Å². The van der Waals surface area contributed by atoms with Gasteiger partial charge in [-0.05, 0) is 31.2 Å². The van der Waals surface area contributed by atoms with Crippen molar-refractivity contribution in [2.24, 2.45) is 10.2 Å². The van der Waals surface area contributed by atoms with Gasteiger partial charge in [-0.15, -0.1) is 0 Å². The van der Waals surface area contributed by atoms with Crippen LogP contribution in [0, 0.1) is 17.0 Å². The number of nitro groups is 1. The minimum absolute atomic E-state index is 0.0165. The van der Waals surface area contributed by atoms with Crippen molar-refractivity contribution in [1.82, 2.24) is 14.8 Å². The lowest BCUT2D eigenvalue weighted by Gasteiger charge is -2.03. The summed E-state index contributed by atoms with van der Waals surface area (Å²) in [6.07, 6.45) is 1.64. The summed E-state index contributed by atoms with van der Waals surface area (Å²) >= 11 is 0. The molecule has 1 aliphatic rings. The third kappa shape index (κ3) is 3.33. The highest BCUT2D eigenvalue weighted by Gasteiger charge is 2.23. The summed E-state index contributed by atoms with van der Waals surface area (Å²) in [5.41, 5.74) is 3.20. The van der Waals surface area contributed by atoms with Crippen molar-refractivity contribution in [1.29, 1.82) is 0 Å². The molecule has 0 saturated heterocycles. The molecular weight excluding hydrogens is 400 g/mol. The Morgan fingerprint density at radius 2 is 1.94 bits per heavy atom. The molecule has 2 aromatic carbocycles. The van der Waals surface area contributed by atoms with E-state index < -0.39 is 4.92 Å². The van der Waals surface area contributed by atoms with Crippen molar-refractivity contribution >= 4 is 22.4 Å². The van der Waals surface area contributed by atoms with Crippen LogP contribution in [0.4, 0.5) is 11.4 Å². The van der Waals surface area contributed by atoms with E-state index in [1.54, 1.807) is 23.0 Å². The van der Waals surface area contributed by atoms with Crippen LogP contribution >= 0.6 is 0 Å². The number of pyridine rings is 1. The van der Waals surface area contributed by atoms with Gasteiger partial charge in [-0.2, -0.15) is 15.3 Å². The summed E-state index contributed by atoms with van der Waals surface area (Å²) < 4.78 is 12.3. The highest BCUT2D eigenvalue weighted by Crippen LogP contribution is 2.38. The van der Waals surface area contributed by atoms with Gasteiger partial charge in [-0.1, -0.05) is 18.2 Å². The zero-order valence-corrected chi connectivity index (χ0v) is 16.4.